The molecule has 0 radical (unpaired) electrons. The number of hydrogen-bond donors (Lipinski definition) is 3. The van der Waals surface area contributed by atoms with E-state index in [1.165, 1.54) is 18.2 Å². The van der Waals surface area contributed by atoms with E-state index in [9.17, 15) is 22.8 Å². The number of carbonyl (C=O) groups is 2. The van der Waals surface area contributed by atoms with E-state index in [-0.39, 0.29) is 42.3 Å². The molecular weight excluding hydrogens is 341 g/mol. The smallest absolute Gasteiger partial charge is 0.433 e. The first-order valence-corrected chi connectivity index (χ1v) is 6.04. The first-order chi connectivity index (χ1) is 10.3. The molecule has 2 amide bonds. The molecular formula is C12H12ClF3N4O3. The fourth-order valence-corrected chi connectivity index (χ4v) is 1.58. The van der Waals surface area contributed by atoms with E-state index >= 15 is 0 Å². The van der Waals surface area contributed by atoms with E-state index in [0.717, 1.165) is 0 Å². The third-order valence-corrected chi connectivity index (χ3v) is 2.55. The molecule has 0 saturated carbocycles. The standard InChI is InChI=1S/C12H11F3N4O3.ClH/c13-12(14,15)11-19-7-3-6(1-2-8(7)22-11)18-10(21)5-17-9(20)4-16;/h1-3H,4-5,16H2,(H,17,20)(H,18,21);1H. The quantitative estimate of drug-likeness (QED) is 0.767. The van der Waals surface area contributed by atoms with Crippen LogP contribution in [-0.4, -0.2) is 29.9 Å². The summed E-state index contributed by atoms with van der Waals surface area (Å²) in [5.41, 5.74) is 5.18. The van der Waals surface area contributed by atoms with Gasteiger partial charge in [0, 0.05) is 5.69 Å². The second-order valence-corrected chi connectivity index (χ2v) is 4.23. The SMILES string of the molecule is Cl.NCC(=O)NCC(=O)Nc1ccc2oc(C(F)(F)F)nc2c1. The van der Waals surface area contributed by atoms with Crippen molar-refractivity contribution in [3.63, 3.8) is 0 Å². The van der Waals surface area contributed by atoms with E-state index < -0.39 is 23.9 Å². The van der Waals surface area contributed by atoms with E-state index in [1.807, 2.05) is 0 Å². The van der Waals surface area contributed by atoms with Gasteiger partial charge in [-0.3, -0.25) is 9.59 Å². The molecule has 23 heavy (non-hydrogen) atoms. The zero-order valence-electron chi connectivity index (χ0n) is 11.4. The van der Waals surface area contributed by atoms with E-state index in [4.69, 9.17) is 5.73 Å². The molecule has 1 aromatic heterocycles. The minimum atomic E-state index is -4.69. The van der Waals surface area contributed by atoms with Gasteiger partial charge >= 0.3 is 12.1 Å². The Hall–Kier alpha value is -2.33. The summed E-state index contributed by atoms with van der Waals surface area (Å²) in [5.74, 6) is -2.42. The number of amides is 2. The summed E-state index contributed by atoms with van der Waals surface area (Å²) < 4.78 is 42.0. The lowest BCUT2D eigenvalue weighted by atomic mass is 10.3. The number of rotatable bonds is 4. The monoisotopic (exact) mass is 352 g/mol. The molecule has 1 heterocycles. The summed E-state index contributed by atoms with van der Waals surface area (Å²) in [6.45, 7) is -0.556. The van der Waals surface area contributed by atoms with E-state index in [0.29, 0.717) is 0 Å². The Morgan fingerprint density at radius 2 is 1.96 bits per heavy atom. The van der Waals surface area contributed by atoms with Crippen LogP contribution in [0.2, 0.25) is 0 Å². The summed E-state index contributed by atoms with van der Waals surface area (Å²) in [7, 11) is 0. The maximum atomic E-state index is 12.5. The third-order valence-electron chi connectivity index (χ3n) is 2.55. The summed E-state index contributed by atoms with van der Waals surface area (Å²) in [4.78, 5) is 25.7. The number of aromatic nitrogens is 1. The molecule has 0 fully saturated rings. The Kier molecular flexibility index (Phi) is 5.93. The average Bonchev–Trinajstić information content (AvgIpc) is 2.88. The minimum absolute atomic E-state index is 0. The molecule has 126 valence electrons. The lowest BCUT2D eigenvalue weighted by Gasteiger charge is -2.05. The Labute approximate surface area is 133 Å². The number of carbonyl (C=O) groups excluding carboxylic acids is 2. The van der Waals surface area contributed by atoms with Gasteiger partial charge in [0.05, 0.1) is 13.1 Å². The topological polar surface area (TPSA) is 110 Å². The van der Waals surface area contributed by atoms with Crippen LogP contribution in [0.15, 0.2) is 22.6 Å². The summed E-state index contributed by atoms with van der Waals surface area (Å²) >= 11 is 0. The minimum Gasteiger partial charge on any atom is -0.433 e. The molecule has 4 N–H and O–H groups in total. The van der Waals surface area contributed by atoms with Crippen LogP contribution in [0.4, 0.5) is 18.9 Å². The van der Waals surface area contributed by atoms with Gasteiger partial charge in [-0.1, -0.05) is 0 Å². The normalized spacial score (nSPS) is 11.0. The third kappa shape index (κ3) is 4.83. The number of oxazole rings is 1. The van der Waals surface area contributed by atoms with Crippen molar-refractivity contribution in [3.05, 3.63) is 24.1 Å². The van der Waals surface area contributed by atoms with Crippen LogP contribution >= 0.6 is 12.4 Å². The zero-order valence-corrected chi connectivity index (χ0v) is 12.3. The van der Waals surface area contributed by atoms with Gasteiger partial charge < -0.3 is 20.8 Å². The maximum absolute atomic E-state index is 12.5. The Balaban J connectivity index is 0.00000264. The van der Waals surface area contributed by atoms with Crippen molar-refractivity contribution >= 4 is 41.0 Å². The predicted octanol–water partition coefficient (Wildman–Crippen LogP) is 1.28. The van der Waals surface area contributed by atoms with Crippen molar-refractivity contribution in [3.8, 4) is 0 Å². The number of hydrogen-bond acceptors (Lipinski definition) is 5. The molecule has 2 rings (SSSR count). The van der Waals surface area contributed by atoms with Gasteiger partial charge in [-0.25, -0.2) is 4.98 Å². The van der Waals surface area contributed by atoms with Crippen molar-refractivity contribution in [1.29, 1.82) is 0 Å². The van der Waals surface area contributed by atoms with Crippen LogP contribution < -0.4 is 16.4 Å². The number of nitrogens with one attached hydrogen (secondary N) is 2. The van der Waals surface area contributed by atoms with Crippen molar-refractivity contribution in [1.82, 2.24) is 10.3 Å². The van der Waals surface area contributed by atoms with Gasteiger partial charge in [0.25, 0.3) is 0 Å². The molecule has 7 nitrogen and oxygen atoms in total. The molecule has 11 heteroatoms. The first kappa shape index (κ1) is 18.7. The van der Waals surface area contributed by atoms with Gasteiger partial charge in [0.2, 0.25) is 11.8 Å². The maximum Gasteiger partial charge on any atom is 0.468 e. The fraction of sp³-hybridized carbons (Fsp3) is 0.250. The molecule has 0 aliphatic carbocycles. The van der Waals surface area contributed by atoms with Crippen LogP contribution in [0, 0.1) is 0 Å². The van der Waals surface area contributed by atoms with Gasteiger partial charge in [-0.15, -0.1) is 12.4 Å². The van der Waals surface area contributed by atoms with Crippen molar-refractivity contribution < 1.29 is 27.2 Å². The van der Waals surface area contributed by atoms with Crippen LogP contribution in [-0.2, 0) is 15.8 Å². The van der Waals surface area contributed by atoms with E-state index in [1.54, 1.807) is 0 Å². The van der Waals surface area contributed by atoms with Crippen molar-refractivity contribution in [2.45, 2.75) is 6.18 Å². The number of alkyl halides is 3. The molecule has 0 saturated heterocycles. The van der Waals surface area contributed by atoms with Crippen LogP contribution in [0.25, 0.3) is 11.1 Å². The second-order valence-electron chi connectivity index (χ2n) is 4.23. The molecule has 0 atom stereocenters. The highest BCUT2D eigenvalue weighted by molar-refractivity contribution is 5.96. The summed E-state index contributed by atoms with van der Waals surface area (Å²) in [6.07, 6.45) is -4.69. The van der Waals surface area contributed by atoms with Gasteiger partial charge in [0.1, 0.15) is 5.52 Å². The van der Waals surface area contributed by atoms with E-state index in [2.05, 4.69) is 20.0 Å². The fourth-order valence-electron chi connectivity index (χ4n) is 1.58. The highest BCUT2D eigenvalue weighted by Gasteiger charge is 2.37. The zero-order chi connectivity index (χ0) is 16.3. The van der Waals surface area contributed by atoms with Gasteiger partial charge in [-0.2, -0.15) is 13.2 Å². The molecule has 2 aromatic rings. The lowest BCUT2D eigenvalue weighted by Crippen LogP contribution is -2.36. The number of fused-ring (bicyclic) bond motifs is 1. The van der Waals surface area contributed by atoms with Gasteiger partial charge in [-0.05, 0) is 18.2 Å². The van der Waals surface area contributed by atoms with Crippen LogP contribution in [0.3, 0.4) is 0 Å². The number of nitrogens with two attached hydrogens (primary N) is 1. The highest BCUT2D eigenvalue weighted by atomic mass is 35.5. The number of halogens is 4. The van der Waals surface area contributed by atoms with Crippen LogP contribution in [0.1, 0.15) is 5.89 Å². The molecule has 1 aromatic carbocycles. The number of nitrogens with zero attached hydrogens (tertiary/aromatic N) is 1. The first-order valence-electron chi connectivity index (χ1n) is 6.04. The molecule has 0 unspecified atom stereocenters. The number of benzene rings is 1. The van der Waals surface area contributed by atoms with Gasteiger partial charge in [0.15, 0.2) is 5.58 Å². The molecule has 0 aliphatic heterocycles. The van der Waals surface area contributed by atoms with Crippen molar-refractivity contribution in [2.24, 2.45) is 5.73 Å². The molecule has 0 bridgehead atoms. The molecule has 0 spiro atoms. The Morgan fingerprint density at radius 1 is 1.26 bits per heavy atom. The highest BCUT2D eigenvalue weighted by Crippen LogP contribution is 2.31. The van der Waals surface area contributed by atoms with Crippen LogP contribution in [0.5, 0.6) is 0 Å². The average molecular weight is 353 g/mol. The number of anilines is 1. The lowest BCUT2D eigenvalue weighted by molar-refractivity contribution is -0.156. The Morgan fingerprint density at radius 3 is 2.57 bits per heavy atom. The largest absolute Gasteiger partial charge is 0.468 e. The molecule has 0 aliphatic rings. The summed E-state index contributed by atoms with van der Waals surface area (Å²) in [6, 6.07) is 3.85. The second kappa shape index (κ2) is 7.29. The van der Waals surface area contributed by atoms with Crippen molar-refractivity contribution in [2.75, 3.05) is 18.4 Å². The predicted molar refractivity (Wildman–Crippen MR) is 77.0 cm³/mol. The Bertz CT molecular complexity index is 717. The summed E-state index contributed by atoms with van der Waals surface area (Å²) in [5, 5.41) is 4.66.